The van der Waals surface area contributed by atoms with E-state index >= 15 is 0 Å². The molecule has 0 aromatic rings. The molecular formula is C12H21N3O4. The van der Waals surface area contributed by atoms with Crippen molar-refractivity contribution in [2.75, 3.05) is 26.2 Å². The molecule has 1 aliphatic heterocycles. The van der Waals surface area contributed by atoms with Crippen molar-refractivity contribution in [1.29, 1.82) is 0 Å². The van der Waals surface area contributed by atoms with Gasteiger partial charge in [-0.05, 0) is 19.3 Å². The molecule has 0 aromatic heterocycles. The number of rotatable bonds is 6. The van der Waals surface area contributed by atoms with Crippen LogP contribution in [-0.4, -0.2) is 54.1 Å². The molecule has 0 saturated carbocycles. The van der Waals surface area contributed by atoms with E-state index < -0.39 is 17.9 Å². The van der Waals surface area contributed by atoms with Crippen molar-refractivity contribution in [3.8, 4) is 0 Å². The number of carbonyl (C=O) groups is 3. The summed E-state index contributed by atoms with van der Waals surface area (Å²) in [5, 5.41) is 13.7. The van der Waals surface area contributed by atoms with Crippen molar-refractivity contribution in [3.05, 3.63) is 0 Å². The molecule has 1 fully saturated rings. The third kappa shape index (κ3) is 5.15. The quantitative estimate of drug-likeness (QED) is 0.634. The Morgan fingerprint density at radius 2 is 1.84 bits per heavy atom. The zero-order chi connectivity index (χ0) is 14.3. The summed E-state index contributed by atoms with van der Waals surface area (Å²) in [4.78, 5) is 35.5. The fraction of sp³-hybridized carbons (Fsp3) is 0.750. The first-order valence-corrected chi connectivity index (χ1v) is 6.56. The van der Waals surface area contributed by atoms with E-state index in [1.165, 1.54) is 0 Å². The minimum absolute atomic E-state index is 0.0459. The maximum absolute atomic E-state index is 11.6. The molecule has 3 amide bonds. The van der Waals surface area contributed by atoms with E-state index in [0.29, 0.717) is 6.42 Å². The molecule has 1 aliphatic rings. The van der Waals surface area contributed by atoms with Crippen molar-refractivity contribution in [2.24, 2.45) is 5.92 Å². The van der Waals surface area contributed by atoms with Crippen LogP contribution in [0.3, 0.4) is 0 Å². The van der Waals surface area contributed by atoms with Gasteiger partial charge in [0.05, 0.1) is 12.5 Å². The summed E-state index contributed by atoms with van der Waals surface area (Å²) in [6.07, 6.45) is 2.46. The Bertz CT molecular complexity index is 340. The molecule has 1 heterocycles. The zero-order valence-electron chi connectivity index (χ0n) is 11.1. The molecule has 0 aliphatic carbocycles. The average Bonchev–Trinajstić information content (AvgIpc) is 2.90. The van der Waals surface area contributed by atoms with Crippen LogP contribution in [0.1, 0.15) is 26.2 Å². The van der Waals surface area contributed by atoms with E-state index in [-0.39, 0.29) is 19.0 Å². The van der Waals surface area contributed by atoms with Crippen LogP contribution in [0.15, 0.2) is 0 Å². The van der Waals surface area contributed by atoms with Crippen LogP contribution >= 0.6 is 0 Å². The fourth-order valence-electron chi connectivity index (χ4n) is 1.92. The number of urea groups is 1. The lowest BCUT2D eigenvalue weighted by Crippen LogP contribution is -2.44. The maximum Gasteiger partial charge on any atom is 0.315 e. The summed E-state index contributed by atoms with van der Waals surface area (Å²) in [6, 6.07) is -0.507. The van der Waals surface area contributed by atoms with Gasteiger partial charge >= 0.3 is 12.0 Å². The third-order valence-electron chi connectivity index (χ3n) is 3.21. The number of aliphatic carboxylic acids is 1. The highest BCUT2D eigenvalue weighted by molar-refractivity contribution is 5.84. The predicted octanol–water partition coefficient (Wildman–Crippen LogP) is 0.0188. The van der Waals surface area contributed by atoms with Gasteiger partial charge in [-0.1, -0.05) is 6.92 Å². The summed E-state index contributed by atoms with van der Waals surface area (Å²) in [6.45, 7) is 3.26. The summed E-state index contributed by atoms with van der Waals surface area (Å²) in [7, 11) is 0. The summed E-state index contributed by atoms with van der Waals surface area (Å²) in [5.74, 6) is -1.63. The number of carboxylic acid groups (broad SMARTS) is 1. The van der Waals surface area contributed by atoms with Crippen LogP contribution in [0.25, 0.3) is 0 Å². The second-order valence-corrected chi connectivity index (χ2v) is 4.59. The Morgan fingerprint density at radius 1 is 1.21 bits per heavy atom. The number of likely N-dealkylation sites (tertiary alicyclic amines) is 1. The zero-order valence-corrected chi connectivity index (χ0v) is 11.1. The first-order chi connectivity index (χ1) is 9.04. The molecule has 0 bridgehead atoms. The van der Waals surface area contributed by atoms with Gasteiger partial charge < -0.3 is 20.6 Å². The molecule has 19 heavy (non-hydrogen) atoms. The lowest BCUT2D eigenvalue weighted by Gasteiger charge is -2.16. The topological polar surface area (TPSA) is 98.7 Å². The van der Waals surface area contributed by atoms with E-state index in [1.54, 1.807) is 11.8 Å². The average molecular weight is 271 g/mol. The first kappa shape index (κ1) is 15.3. The van der Waals surface area contributed by atoms with Crippen LogP contribution in [0.2, 0.25) is 0 Å². The van der Waals surface area contributed by atoms with Gasteiger partial charge in [0, 0.05) is 19.6 Å². The molecule has 1 atom stereocenters. The Labute approximate surface area is 112 Å². The molecule has 7 nitrogen and oxygen atoms in total. The Balaban J connectivity index is 2.20. The van der Waals surface area contributed by atoms with Crippen LogP contribution in [-0.2, 0) is 9.59 Å². The lowest BCUT2D eigenvalue weighted by molar-refractivity contribution is -0.141. The van der Waals surface area contributed by atoms with Crippen LogP contribution in [0, 0.1) is 5.92 Å². The van der Waals surface area contributed by atoms with Crippen molar-refractivity contribution >= 4 is 17.9 Å². The Morgan fingerprint density at radius 3 is 2.37 bits per heavy atom. The van der Waals surface area contributed by atoms with E-state index in [1.807, 2.05) is 0 Å². The molecule has 3 N–H and O–H groups in total. The maximum atomic E-state index is 11.6. The highest BCUT2D eigenvalue weighted by Gasteiger charge is 2.19. The number of carboxylic acids is 1. The number of nitrogens with zero attached hydrogens (tertiary/aromatic N) is 1. The summed E-state index contributed by atoms with van der Waals surface area (Å²) < 4.78 is 0. The SMILES string of the molecule is CCC(CNC(=O)NCC(=O)N1CCCC1)C(=O)O. The van der Waals surface area contributed by atoms with Gasteiger partial charge in [-0.3, -0.25) is 9.59 Å². The lowest BCUT2D eigenvalue weighted by atomic mass is 10.1. The standard InChI is InChI=1S/C12H21N3O4/c1-2-9(11(17)18)7-13-12(19)14-8-10(16)15-5-3-4-6-15/h9H,2-8H2,1H3,(H,17,18)(H2,13,14,19). The molecule has 0 aromatic carbocycles. The van der Waals surface area contributed by atoms with E-state index in [0.717, 1.165) is 25.9 Å². The predicted molar refractivity (Wildman–Crippen MR) is 68.6 cm³/mol. The van der Waals surface area contributed by atoms with Crippen LogP contribution in [0.4, 0.5) is 4.79 Å². The largest absolute Gasteiger partial charge is 0.481 e. The first-order valence-electron chi connectivity index (χ1n) is 6.56. The van der Waals surface area contributed by atoms with Gasteiger partial charge in [-0.2, -0.15) is 0 Å². The van der Waals surface area contributed by atoms with Crippen molar-refractivity contribution < 1.29 is 19.5 Å². The van der Waals surface area contributed by atoms with Gasteiger partial charge in [-0.15, -0.1) is 0 Å². The van der Waals surface area contributed by atoms with Gasteiger partial charge in [0.15, 0.2) is 0 Å². The molecular weight excluding hydrogens is 250 g/mol. The monoisotopic (exact) mass is 271 g/mol. The van der Waals surface area contributed by atoms with Gasteiger partial charge in [0.2, 0.25) is 5.91 Å². The summed E-state index contributed by atoms with van der Waals surface area (Å²) >= 11 is 0. The van der Waals surface area contributed by atoms with Gasteiger partial charge in [-0.25, -0.2) is 4.79 Å². The second-order valence-electron chi connectivity index (χ2n) is 4.59. The summed E-state index contributed by atoms with van der Waals surface area (Å²) in [5.41, 5.74) is 0. The number of nitrogens with one attached hydrogen (secondary N) is 2. The number of amides is 3. The van der Waals surface area contributed by atoms with Gasteiger partial charge in [0.1, 0.15) is 0 Å². The Kier molecular flexibility index (Phi) is 6.11. The van der Waals surface area contributed by atoms with E-state index in [2.05, 4.69) is 10.6 Å². The fourth-order valence-corrected chi connectivity index (χ4v) is 1.92. The van der Waals surface area contributed by atoms with E-state index in [9.17, 15) is 14.4 Å². The Hall–Kier alpha value is -1.79. The molecule has 1 unspecified atom stereocenters. The highest BCUT2D eigenvalue weighted by Crippen LogP contribution is 2.06. The van der Waals surface area contributed by atoms with Crippen LogP contribution in [0.5, 0.6) is 0 Å². The minimum Gasteiger partial charge on any atom is -0.481 e. The third-order valence-corrected chi connectivity index (χ3v) is 3.21. The minimum atomic E-state index is -0.934. The molecule has 1 saturated heterocycles. The molecule has 0 radical (unpaired) electrons. The van der Waals surface area contributed by atoms with E-state index in [4.69, 9.17) is 5.11 Å². The van der Waals surface area contributed by atoms with Crippen LogP contribution < -0.4 is 10.6 Å². The van der Waals surface area contributed by atoms with Crippen molar-refractivity contribution in [3.63, 3.8) is 0 Å². The second kappa shape index (κ2) is 7.60. The van der Waals surface area contributed by atoms with Crippen molar-refractivity contribution in [1.82, 2.24) is 15.5 Å². The number of carbonyl (C=O) groups excluding carboxylic acids is 2. The van der Waals surface area contributed by atoms with Crippen molar-refractivity contribution in [2.45, 2.75) is 26.2 Å². The molecule has 1 rings (SSSR count). The number of hydrogen-bond donors (Lipinski definition) is 3. The van der Waals surface area contributed by atoms with Gasteiger partial charge in [0.25, 0.3) is 0 Å². The normalized spacial score (nSPS) is 15.9. The number of hydrogen-bond acceptors (Lipinski definition) is 3. The molecule has 7 heteroatoms. The highest BCUT2D eigenvalue weighted by atomic mass is 16.4. The smallest absolute Gasteiger partial charge is 0.315 e. The molecule has 108 valence electrons. The molecule has 0 spiro atoms.